The summed E-state index contributed by atoms with van der Waals surface area (Å²) in [5.41, 5.74) is 0.850. The quantitative estimate of drug-likeness (QED) is 0.397. The number of anilines is 1. The van der Waals surface area contributed by atoms with E-state index in [0.29, 0.717) is 11.3 Å². The number of nitrogens with two attached hydrogens (primary N) is 1. The van der Waals surface area contributed by atoms with Gasteiger partial charge in [-0.2, -0.15) is 0 Å². The molecule has 0 saturated heterocycles. The highest BCUT2D eigenvalue weighted by Crippen LogP contribution is 2.20. The summed E-state index contributed by atoms with van der Waals surface area (Å²) in [6, 6.07) is 3.34. The van der Waals surface area contributed by atoms with Crippen LogP contribution < -0.4 is 16.2 Å². The second-order valence-corrected chi connectivity index (χ2v) is 3.17. The lowest BCUT2D eigenvalue weighted by Gasteiger charge is -2.19. The molecule has 6 heteroatoms. The molecule has 1 aromatic rings. The lowest BCUT2D eigenvalue weighted by atomic mass is 10.1. The van der Waals surface area contributed by atoms with E-state index in [1.807, 2.05) is 0 Å². The first-order valence-electron chi connectivity index (χ1n) is 4.76. The molecule has 2 amide bonds. The molecule has 16 heavy (non-hydrogen) atoms. The van der Waals surface area contributed by atoms with E-state index >= 15 is 0 Å². The SMILES string of the molecule is CNC(=O)N(N)c1ccc(F)cc1CCO. The first-order valence-corrected chi connectivity index (χ1v) is 4.76. The molecule has 0 aromatic heterocycles. The van der Waals surface area contributed by atoms with Crippen LogP contribution in [0.2, 0.25) is 0 Å². The fraction of sp³-hybridized carbons (Fsp3) is 0.300. The summed E-state index contributed by atoms with van der Waals surface area (Å²) in [5.74, 6) is 5.11. The summed E-state index contributed by atoms with van der Waals surface area (Å²) in [5, 5.41) is 12.1. The van der Waals surface area contributed by atoms with Crippen LogP contribution in [0.4, 0.5) is 14.9 Å². The standard InChI is InChI=1S/C10H14FN3O2/c1-13-10(16)14(12)9-3-2-8(11)6-7(9)4-5-15/h2-3,6,15H,4-5,12H2,1H3,(H,13,16). The fourth-order valence-electron chi connectivity index (χ4n) is 1.34. The van der Waals surface area contributed by atoms with Gasteiger partial charge in [-0.3, -0.25) is 0 Å². The van der Waals surface area contributed by atoms with Crippen LogP contribution >= 0.6 is 0 Å². The van der Waals surface area contributed by atoms with Gasteiger partial charge in [0.1, 0.15) is 5.82 Å². The minimum Gasteiger partial charge on any atom is -0.396 e. The van der Waals surface area contributed by atoms with Crippen LogP contribution in [-0.2, 0) is 6.42 Å². The molecule has 0 aliphatic heterocycles. The van der Waals surface area contributed by atoms with Crippen molar-refractivity contribution in [1.29, 1.82) is 0 Å². The number of carbonyl (C=O) groups excluding carboxylic acids is 1. The number of aliphatic hydroxyl groups excluding tert-OH is 1. The van der Waals surface area contributed by atoms with Gasteiger partial charge in [-0.1, -0.05) is 0 Å². The largest absolute Gasteiger partial charge is 0.396 e. The van der Waals surface area contributed by atoms with Crippen LogP contribution in [0.15, 0.2) is 18.2 Å². The van der Waals surface area contributed by atoms with E-state index < -0.39 is 11.8 Å². The van der Waals surface area contributed by atoms with Gasteiger partial charge in [0.25, 0.3) is 0 Å². The molecule has 0 spiro atoms. The van der Waals surface area contributed by atoms with Crippen molar-refractivity contribution in [2.24, 2.45) is 5.84 Å². The molecule has 0 aliphatic rings. The predicted molar refractivity (Wildman–Crippen MR) is 58.3 cm³/mol. The zero-order chi connectivity index (χ0) is 12.1. The van der Waals surface area contributed by atoms with Crippen molar-refractivity contribution < 1.29 is 14.3 Å². The van der Waals surface area contributed by atoms with E-state index in [-0.39, 0.29) is 13.0 Å². The fourth-order valence-corrected chi connectivity index (χ4v) is 1.34. The molecule has 4 N–H and O–H groups in total. The maximum absolute atomic E-state index is 13.0. The zero-order valence-corrected chi connectivity index (χ0v) is 8.90. The molecule has 0 atom stereocenters. The minimum atomic E-state index is -0.509. The average molecular weight is 227 g/mol. The summed E-state index contributed by atoms with van der Waals surface area (Å²) >= 11 is 0. The van der Waals surface area contributed by atoms with Crippen LogP contribution in [-0.4, -0.2) is 24.8 Å². The van der Waals surface area contributed by atoms with E-state index in [0.717, 1.165) is 5.01 Å². The van der Waals surface area contributed by atoms with Crippen molar-refractivity contribution in [3.63, 3.8) is 0 Å². The number of urea groups is 1. The van der Waals surface area contributed by atoms with Gasteiger partial charge in [-0.25, -0.2) is 20.0 Å². The highest BCUT2D eigenvalue weighted by atomic mass is 19.1. The Hall–Kier alpha value is -1.66. The van der Waals surface area contributed by atoms with E-state index in [4.69, 9.17) is 10.9 Å². The number of benzene rings is 1. The molecule has 0 heterocycles. The minimum absolute atomic E-state index is 0.141. The number of hydrazine groups is 1. The first kappa shape index (κ1) is 12.4. The molecule has 1 rings (SSSR count). The van der Waals surface area contributed by atoms with Gasteiger partial charge >= 0.3 is 6.03 Å². The monoisotopic (exact) mass is 227 g/mol. The molecule has 0 bridgehead atoms. The predicted octanol–water partition coefficient (Wildman–Crippen LogP) is 0.380. The number of hydrogen-bond acceptors (Lipinski definition) is 3. The molecule has 0 fully saturated rings. The van der Waals surface area contributed by atoms with Gasteiger partial charge < -0.3 is 10.4 Å². The Balaban J connectivity index is 3.06. The highest BCUT2D eigenvalue weighted by Gasteiger charge is 2.14. The van der Waals surface area contributed by atoms with Crippen molar-refractivity contribution in [3.8, 4) is 0 Å². The Kier molecular flexibility index (Phi) is 4.21. The number of carbonyl (C=O) groups is 1. The molecular weight excluding hydrogens is 213 g/mol. The number of nitrogens with one attached hydrogen (secondary N) is 1. The van der Waals surface area contributed by atoms with Gasteiger partial charge in [-0.15, -0.1) is 0 Å². The van der Waals surface area contributed by atoms with Gasteiger partial charge in [0.2, 0.25) is 0 Å². The molecule has 1 aromatic carbocycles. The van der Waals surface area contributed by atoms with Crippen molar-refractivity contribution in [1.82, 2.24) is 5.32 Å². The van der Waals surface area contributed by atoms with Crippen LogP contribution in [0.5, 0.6) is 0 Å². The summed E-state index contributed by atoms with van der Waals surface area (Å²) in [7, 11) is 1.44. The van der Waals surface area contributed by atoms with E-state index in [9.17, 15) is 9.18 Å². The van der Waals surface area contributed by atoms with Gasteiger partial charge in [0, 0.05) is 13.7 Å². The third-order valence-corrected chi connectivity index (χ3v) is 2.11. The van der Waals surface area contributed by atoms with Crippen LogP contribution in [0.25, 0.3) is 0 Å². The Morgan fingerprint density at radius 1 is 1.62 bits per heavy atom. The Morgan fingerprint density at radius 3 is 2.88 bits per heavy atom. The molecule has 0 unspecified atom stereocenters. The zero-order valence-electron chi connectivity index (χ0n) is 8.90. The van der Waals surface area contributed by atoms with Crippen molar-refractivity contribution in [3.05, 3.63) is 29.6 Å². The number of amides is 2. The Bertz CT molecular complexity index is 384. The van der Waals surface area contributed by atoms with Crippen molar-refractivity contribution in [2.45, 2.75) is 6.42 Å². The number of aliphatic hydroxyl groups is 1. The lowest BCUT2D eigenvalue weighted by Crippen LogP contribution is -2.43. The maximum Gasteiger partial charge on any atom is 0.336 e. The first-order chi connectivity index (χ1) is 7.60. The Labute approximate surface area is 92.6 Å². The maximum atomic E-state index is 13.0. The normalized spacial score (nSPS) is 10.0. The molecule has 0 saturated carbocycles. The van der Waals surface area contributed by atoms with E-state index in [2.05, 4.69) is 5.32 Å². The van der Waals surface area contributed by atoms with Gasteiger partial charge in [0.05, 0.1) is 5.69 Å². The third kappa shape index (κ3) is 2.68. The van der Waals surface area contributed by atoms with Crippen LogP contribution in [0.1, 0.15) is 5.56 Å². The van der Waals surface area contributed by atoms with Crippen LogP contribution in [0, 0.1) is 5.82 Å². The molecule has 0 radical (unpaired) electrons. The van der Waals surface area contributed by atoms with E-state index in [1.165, 1.54) is 25.2 Å². The second-order valence-electron chi connectivity index (χ2n) is 3.17. The topological polar surface area (TPSA) is 78.6 Å². The van der Waals surface area contributed by atoms with Gasteiger partial charge in [-0.05, 0) is 30.2 Å². The number of nitrogens with zero attached hydrogens (tertiary/aromatic N) is 1. The molecule has 5 nitrogen and oxygen atoms in total. The second kappa shape index (κ2) is 5.43. The smallest absolute Gasteiger partial charge is 0.336 e. The number of rotatable bonds is 3. The van der Waals surface area contributed by atoms with Crippen LogP contribution in [0.3, 0.4) is 0 Å². The molecule has 88 valence electrons. The highest BCUT2D eigenvalue weighted by molar-refractivity contribution is 5.91. The number of hydrogen-bond donors (Lipinski definition) is 3. The number of halogens is 1. The summed E-state index contributed by atoms with van der Waals surface area (Å²) in [4.78, 5) is 11.3. The van der Waals surface area contributed by atoms with E-state index in [1.54, 1.807) is 0 Å². The Morgan fingerprint density at radius 2 is 2.31 bits per heavy atom. The van der Waals surface area contributed by atoms with Gasteiger partial charge in [0.15, 0.2) is 0 Å². The average Bonchev–Trinajstić information content (AvgIpc) is 2.28. The van der Waals surface area contributed by atoms with Crippen molar-refractivity contribution in [2.75, 3.05) is 18.7 Å². The summed E-state index contributed by atoms with van der Waals surface area (Å²) < 4.78 is 13.0. The summed E-state index contributed by atoms with van der Waals surface area (Å²) in [6.45, 7) is -0.141. The third-order valence-electron chi connectivity index (χ3n) is 2.11. The molecule has 0 aliphatic carbocycles. The lowest BCUT2D eigenvalue weighted by molar-refractivity contribution is 0.248. The van der Waals surface area contributed by atoms with Crippen molar-refractivity contribution >= 4 is 11.7 Å². The molecular formula is C10H14FN3O2. The summed E-state index contributed by atoms with van der Waals surface area (Å²) in [6.07, 6.45) is 0.234.